The predicted octanol–water partition coefficient (Wildman–Crippen LogP) is 3.51. The van der Waals surface area contributed by atoms with E-state index in [0.29, 0.717) is 6.04 Å². The van der Waals surface area contributed by atoms with Crippen molar-refractivity contribution in [1.29, 1.82) is 0 Å². The zero-order valence-corrected chi connectivity index (χ0v) is 8.23. The number of anilines is 1. The van der Waals surface area contributed by atoms with Crippen LogP contribution < -0.4 is 5.32 Å². The Bertz CT molecular complexity index is 216. The zero-order valence-electron chi connectivity index (χ0n) is 7.42. The molecule has 0 saturated carbocycles. The van der Waals surface area contributed by atoms with Gasteiger partial charge >= 0.3 is 0 Å². The van der Waals surface area contributed by atoms with Crippen LogP contribution in [0.5, 0.6) is 0 Å². The maximum absolute atomic E-state index is 3.70. The maximum Gasteiger partial charge on any atom is 0.0450 e. The molecule has 0 aliphatic heterocycles. The molecular weight excluding hydrogens is 166 g/mol. The summed E-state index contributed by atoms with van der Waals surface area (Å²) in [4.78, 5) is 0. The second-order valence-corrected chi connectivity index (χ2v) is 3.70. The molecule has 1 unspecified atom stereocenters. The molecule has 2 heteroatoms. The van der Waals surface area contributed by atoms with Crippen LogP contribution >= 0.6 is 11.3 Å². The van der Waals surface area contributed by atoms with Crippen LogP contribution in [0.2, 0.25) is 0 Å². The predicted molar refractivity (Wildman–Crippen MR) is 56.8 cm³/mol. The molecule has 1 nitrogen and oxygen atoms in total. The molecule has 0 bridgehead atoms. The lowest BCUT2D eigenvalue weighted by atomic mass is 10.2. The Labute approximate surface area is 78.1 Å². The van der Waals surface area contributed by atoms with E-state index in [1.807, 2.05) is 6.08 Å². The van der Waals surface area contributed by atoms with Crippen molar-refractivity contribution < 1.29 is 0 Å². The van der Waals surface area contributed by atoms with Gasteiger partial charge in [-0.1, -0.05) is 6.08 Å². The first-order valence-corrected chi connectivity index (χ1v) is 5.17. The summed E-state index contributed by atoms with van der Waals surface area (Å²) < 4.78 is 0. The fraction of sp³-hybridized carbons (Fsp3) is 0.400. The van der Waals surface area contributed by atoms with E-state index in [1.165, 1.54) is 5.69 Å². The summed E-state index contributed by atoms with van der Waals surface area (Å²) in [6.45, 7) is 5.90. The minimum Gasteiger partial charge on any atom is -0.382 e. The highest BCUT2D eigenvalue weighted by Crippen LogP contribution is 2.14. The molecule has 0 fully saturated rings. The largest absolute Gasteiger partial charge is 0.382 e. The molecule has 66 valence electrons. The van der Waals surface area contributed by atoms with E-state index < -0.39 is 0 Å². The van der Waals surface area contributed by atoms with Crippen LogP contribution in [-0.2, 0) is 0 Å². The summed E-state index contributed by atoms with van der Waals surface area (Å²) in [6, 6.07) is 2.65. The average Bonchev–Trinajstić information content (AvgIpc) is 2.53. The second-order valence-electron chi connectivity index (χ2n) is 2.92. The van der Waals surface area contributed by atoms with Crippen molar-refractivity contribution in [2.45, 2.75) is 25.8 Å². The van der Waals surface area contributed by atoms with Crippen molar-refractivity contribution in [3.05, 3.63) is 29.5 Å². The molecule has 0 spiro atoms. The number of rotatable bonds is 5. The summed E-state index contributed by atoms with van der Waals surface area (Å²) in [6.07, 6.45) is 4.20. The lowest BCUT2D eigenvalue weighted by Crippen LogP contribution is -2.13. The van der Waals surface area contributed by atoms with Crippen LogP contribution in [0.4, 0.5) is 5.69 Å². The first-order valence-electron chi connectivity index (χ1n) is 4.22. The molecular formula is C10H15NS. The van der Waals surface area contributed by atoms with E-state index in [-0.39, 0.29) is 0 Å². The van der Waals surface area contributed by atoms with Gasteiger partial charge in [0.1, 0.15) is 0 Å². The summed E-state index contributed by atoms with van der Waals surface area (Å²) in [5.41, 5.74) is 1.23. The lowest BCUT2D eigenvalue weighted by molar-refractivity contribution is 0.719. The highest BCUT2D eigenvalue weighted by atomic mass is 32.1. The molecule has 0 aliphatic carbocycles. The third-order valence-corrected chi connectivity index (χ3v) is 2.42. The minimum atomic E-state index is 0.539. The first-order chi connectivity index (χ1) is 5.83. The van der Waals surface area contributed by atoms with Gasteiger partial charge in [-0.2, -0.15) is 11.3 Å². The van der Waals surface area contributed by atoms with Gasteiger partial charge in [0.25, 0.3) is 0 Å². The molecule has 1 aromatic rings. The third-order valence-electron chi connectivity index (χ3n) is 1.74. The van der Waals surface area contributed by atoms with E-state index in [9.17, 15) is 0 Å². The van der Waals surface area contributed by atoms with Gasteiger partial charge in [0.15, 0.2) is 0 Å². The topological polar surface area (TPSA) is 12.0 Å². The number of hydrogen-bond acceptors (Lipinski definition) is 2. The second kappa shape index (κ2) is 4.99. The quantitative estimate of drug-likeness (QED) is 0.685. The van der Waals surface area contributed by atoms with Gasteiger partial charge in [0.2, 0.25) is 0 Å². The Morgan fingerprint density at radius 3 is 3.17 bits per heavy atom. The zero-order chi connectivity index (χ0) is 8.81. The average molecular weight is 181 g/mol. The number of thiophene rings is 1. The normalized spacial score (nSPS) is 12.4. The Morgan fingerprint density at radius 2 is 2.58 bits per heavy atom. The van der Waals surface area contributed by atoms with Crippen LogP contribution in [0, 0.1) is 0 Å². The first kappa shape index (κ1) is 9.33. The lowest BCUT2D eigenvalue weighted by Gasteiger charge is -2.12. The molecule has 0 saturated heterocycles. The molecule has 0 aromatic carbocycles. The Hall–Kier alpha value is -0.760. The molecule has 12 heavy (non-hydrogen) atoms. The van der Waals surface area contributed by atoms with E-state index in [0.717, 1.165) is 12.8 Å². The van der Waals surface area contributed by atoms with E-state index >= 15 is 0 Å². The van der Waals surface area contributed by atoms with Crippen molar-refractivity contribution in [1.82, 2.24) is 0 Å². The van der Waals surface area contributed by atoms with E-state index in [1.54, 1.807) is 11.3 Å². The van der Waals surface area contributed by atoms with Crippen LogP contribution in [0.1, 0.15) is 19.8 Å². The molecule has 1 heterocycles. The van der Waals surface area contributed by atoms with Gasteiger partial charge in [-0.15, -0.1) is 6.58 Å². The summed E-state index contributed by atoms with van der Waals surface area (Å²) >= 11 is 1.72. The highest BCUT2D eigenvalue weighted by molar-refractivity contribution is 7.08. The molecule has 1 N–H and O–H groups in total. The standard InChI is InChI=1S/C10H15NS/c1-3-4-5-9(2)11-10-6-7-12-8-10/h3,6-9,11H,1,4-5H2,2H3. The van der Waals surface area contributed by atoms with Crippen LogP contribution in [0.25, 0.3) is 0 Å². The van der Waals surface area contributed by atoms with Crippen LogP contribution in [0.3, 0.4) is 0 Å². The highest BCUT2D eigenvalue weighted by Gasteiger charge is 1.99. The molecule has 1 rings (SSSR count). The van der Waals surface area contributed by atoms with E-state index in [2.05, 4.69) is 35.6 Å². The Kier molecular flexibility index (Phi) is 3.88. The van der Waals surface area contributed by atoms with Crippen LogP contribution in [0.15, 0.2) is 29.5 Å². The van der Waals surface area contributed by atoms with Gasteiger partial charge in [-0.25, -0.2) is 0 Å². The van der Waals surface area contributed by atoms with Gasteiger partial charge in [0.05, 0.1) is 0 Å². The fourth-order valence-corrected chi connectivity index (χ4v) is 1.67. The monoisotopic (exact) mass is 181 g/mol. The molecule has 1 aromatic heterocycles. The van der Waals surface area contributed by atoms with Gasteiger partial charge in [0, 0.05) is 17.1 Å². The fourth-order valence-electron chi connectivity index (χ4n) is 1.07. The van der Waals surface area contributed by atoms with Crippen LogP contribution in [-0.4, -0.2) is 6.04 Å². The summed E-state index contributed by atoms with van der Waals surface area (Å²) in [5.74, 6) is 0. The molecule has 0 aliphatic rings. The van der Waals surface area contributed by atoms with Crippen molar-refractivity contribution in [3.8, 4) is 0 Å². The van der Waals surface area contributed by atoms with Crippen molar-refractivity contribution in [2.75, 3.05) is 5.32 Å². The molecule has 0 amide bonds. The molecule has 1 atom stereocenters. The Morgan fingerprint density at radius 1 is 1.75 bits per heavy atom. The van der Waals surface area contributed by atoms with Gasteiger partial charge in [-0.3, -0.25) is 0 Å². The number of nitrogens with one attached hydrogen (secondary N) is 1. The SMILES string of the molecule is C=CCCC(C)Nc1ccsc1. The summed E-state index contributed by atoms with van der Waals surface area (Å²) in [5, 5.41) is 7.63. The van der Waals surface area contributed by atoms with Crippen molar-refractivity contribution >= 4 is 17.0 Å². The minimum absolute atomic E-state index is 0.539. The maximum atomic E-state index is 3.70. The van der Waals surface area contributed by atoms with Crippen molar-refractivity contribution in [2.24, 2.45) is 0 Å². The Balaban J connectivity index is 2.26. The molecule has 0 radical (unpaired) electrons. The third kappa shape index (κ3) is 3.09. The van der Waals surface area contributed by atoms with E-state index in [4.69, 9.17) is 0 Å². The number of allylic oxidation sites excluding steroid dienone is 1. The number of hydrogen-bond donors (Lipinski definition) is 1. The van der Waals surface area contributed by atoms with Crippen molar-refractivity contribution in [3.63, 3.8) is 0 Å². The van der Waals surface area contributed by atoms with Gasteiger partial charge in [-0.05, 0) is 31.2 Å². The smallest absolute Gasteiger partial charge is 0.0450 e. The van der Waals surface area contributed by atoms with Gasteiger partial charge < -0.3 is 5.32 Å². The summed E-state index contributed by atoms with van der Waals surface area (Å²) in [7, 11) is 0.